The topological polar surface area (TPSA) is 46.6 Å². The van der Waals surface area contributed by atoms with E-state index in [1.165, 1.54) is 16.7 Å². The number of thiocarbonyl (C=S) groups is 1. The number of benzene rings is 2. The fraction of sp³-hybridized carbons (Fsp3) is 0.0952. The predicted octanol–water partition coefficient (Wildman–Crippen LogP) is 5.36. The Kier molecular flexibility index (Phi) is 6.49. The number of thioether (sulfide) groups is 1. The number of ether oxygens (including phenoxy) is 1. The standard InChI is InChI=1S/C21H16BrNO3S2/c1-3-9-23-19(24)18(28-21(23)27)12-14-7-8-17(16(22)11-14)26-20(25)15-6-4-5-13(2)10-15/h3-8,10-12H,1,9H2,2H3. The van der Waals surface area contributed by atoms with E-state index in [9.17, 15) is 9.59 Å². The first kappa shape index (κ1) is 20.5. The van der Waals surface area contributed by atoms with Crippen LogP contribution in [-0.2, 0) is 4.79 Å². The van der Waals surface area contributed by atoms with E-state index in [2.05, 4.69) is 22.5 Å². The van der Waals surface area contributed by atoms with Crippen LogP contribution >= 0.6 is 39.9 Å². The molecule has 142 valence electrons. The van der Waals surface area contributed by atoms with Crippen molar-refractivity contribution in [3.63, 3.8) is 0 Å². The van der Waals surface area contributed by atoms with Gasteiger partial charge in [0.05, 0.1) is 14.9 Å². The molecular weight excluding hydrogens is 458 g/mol. The SMILES string of the molecule is C=CCN1C(=O)C(=Cc2ccc(OC(=O)c3cccc(C)c3)c(Br)c2)SC1=S. The van der Waals surface area contributed by atoms with Crippen LogP contribution in [0.3, 0.4) is 0 Å². The van der Waals surface area contributed by atoms with Gasteiger partial charge in [-0.3, -0.25) is 9.69 Å². The van der Waals surface area contributed by atoms with E-state index in [0.29, 0.717) is 31.6 Å². The molecule has 0 spiro atoms. The number of aryl methyl sites for hydroxylation is 1. The summed E-state index contributed by atoms with van der Waals surface area (Å²) in [6, 6.07) is 12.5. The second kappa shape index (κ2) is 8.86. The molecular formula is C21H16BrNO3S2. The molecule has 0 bridgehead atoms. The van der Waals surface area contributed by atoms with Crippen LogP contribution in [0.5, 0.6) is 5.75 Å². The van der Waals surface area contributed by atoms with Crippen molar-refractivity contribution in [1.29, 1.82) is 0 Å². The van der Waals surface area contributed by atoms with Gasteiger partial charge < -0.3 is 4.74 Å². The largest absolute Gasteiger partial charge is 0.422 e. The Morgan fingerprint density at radius 3 is 2.79 bits per heavy atom. The van der Waals surface area contributed by atoms with Gasteiger partial charge in [-0.2, -0.15) is 0 Å². The van der Waals surface area contributed by atoms with Crippen molar-refractivity contribution in [2.45, 2.75) is 6.92 Å². The molecule has 28 heavy (non-hydrogen) atoms. The van der Waals surface area contributed by atoms with Crippen LogP contribution in [-0.4, -0.2) is 27.6 Å². The summed E-state index contributed by atoms with van der Waals surface area (Å²) in [6.45, 7) is 5.95. The number of halogens is 1. The van der Waals surface area contributed by atoms with Gasteiger partial charge >= 0.3 is 5.97 Å². The third-order valence-electron chi connectivity index (χ3n) is 3.90. The molecule has 1 aliphatic heterocycles. The van der Waals surface area contributed by atoms with E-state index in [1.54, 1.807) is 42.5 Å². The first-order valence-electron chi connectivity index (χ1n) is 8.33. The molecule has 0 saturated carbocycles. The number of nitrogens with zero attached hydrogens (tertiary/aromatic N) is 1. The van der Waals surface area contributed by atoms with Crippen LogP contribution in [0.1, 0.15) is 21.5 Å². The molecule has 1 amide bonds. The number of amides is 1. The van der Waals surface area contributed by atoms with Gasteiger partial charge in [-0.15, -0.1) is 6.58 Å². The molecule has 4 nitrogen and oxygen atoms in total. The lowest BCUT2D eigenvalue weighted by atomic mass is 10.1. The lowest BCUT2D eigenvalue weighted by Crippen LogP contribution is -2.27. The normalized spacial score (nSPS) is 15.2. The Labute approximate surface area is 181 Å². The third-order valence-corrected chi connectivity index (χ3v) is 5.89. The summed E-state index contributed by atoms with van der Waals surface area (Å²) in [5.41, 5.74) is 2.26. The molecule has 0 aromatic heterocycles. The highest BCUT2D eigenvalue weighted by Crippen LogP contribution is 2.34. The maximum atomic E-state index is 12.4. The molecule has 0 N–H and O–H groups in total. The molecule has 3 rings (SSSR count). The summed E-state index contributed by atoms with van der Waals surface area (Å²) < 4.78 is 6.61. The average Bonchev–Trinajstić information content (AvgIpc) is 2.91. The minimum Gasteiger partial charge on any atom is -0.422 e. The quantitative estimate of drug-likeness (QED) is 0.192. The van der Waals surface area contributed by atoms with Crippen molar-refractivity contribution in [1.82, 2.24) is 4.90 Å². The summed E-state index contributed by atoms with van der Waals surface area (Å²) in [6.07, 6.45) is 3.40. The molecule has 2 aromatic rings. The van der Waals surface area contributed by atoms with Gasteiger partial charge in [0.2, 0.25) is 0 Å². The molecule has 1 saturated heterocycles. The lowest BCUT2D eigenvalue weighted by molar-refractivity contribution is -0.121. The predicted molar refractivity (Wildman–Crippen MR) is 120 cm³/mol. The third kappa shape index (κ3) is 4.60. The fourth-order valence-corrected chi connectivity index (χ4v) is 4.31. The van der Waals surface area contributed by atoms with Crippen LogP contribution in [0.15, 0.2) is 64.5 Å². The summed E-state index contributed by atoms with van der Waals surface area (Å²) in [5.74, 6) is -0.161. The fourth-order valence-electron chi connectivity index (χ4n) is 2.56. The van der Waals surface area contributed by atoms with Crippen LogP contribution in [0, 0.1) is 6.92 Å². The van der Waals surface area contributed by atoms with Crippen molar-refractivity contribution in [2.75, 3.05) is 6.54 Å². The first-order valence-corrected chi connectivity index (χ1v) is 10.4. The van der Waals surface area contributed by atoms with E-state index < -0.39 is 5.97 Å². The summed E-state index contributed by atoms with van der Waals surface area (Å²) in [4.78, 5) is 26.8. The Hall–Kier alpha value is -2.22. The second-order valence-electron chi connectivity index (χ2n) is 6.03. The molecule has 0 radical (unpaired) electrons. The zero-order chi connectivity index (χ0) is 20.3. The number of hydrogen-bond donors (Lipinski definition) is 0. The number of esters is 1. The van der Waals surface area contributed by atoms with Crippen molar-refractivity contribution in [3.05, 3.63) is 81.2 Å². The molecule has 1 aliphatic rings. The molecule has 0 aliphatic carbocycles. The Morgan fingerprint density at radius 1 is 1.32 bits per heavy atom. The summed E-state index contributed by atoms with van der Waals surface area (Å²) in [7, 11) is 0. The molecule has 2 aromatic carbocycles. The average molecular weight is 474 g/mol. The van der Waals surface area contributed by atoms with Crippen LogP contribution < -0.4 is 4.74 Å². The lowest BCUT2D eigenvalue weighted by Gasteiger charge is -2.10. The van der Waals surface area contributed by atoms with E-state index in [-0.39, 0.29) is 5.91 Å². The summed E-state index contributed by atoms with van der Waals surface area (Å²) >= 11 is 9.92. The molecule has 0 atom stereocenters. The molecule has 1 fully saturated rings. The van der Waals surface area contributed by atoms with Crippen molar-refractivity contribution in [2.24, 2.45) is 0 Å². The highest BCUT2D eigenvalue weighted by molar-refractivity contribution is 9.10. The van der Waals surface area contributed by atoms with Gasteiger partial charge in [-0.1, -0.05) is 53.8 Å². The molecule has 1 heterocycles. The van der Waals surface area contributed by atoms with Crippen molar-refractivity contribution in [3.8, 4) is 5.75 Å². The van der Waals surface area contributed by atoms with Gasteiger partial charge in [-0.25, -0.2) is 4.79 Å². The second-order valence-corrected chi connectivity index (χ2v) is 8.56. The molecule has 7 heteroatoms. The van der Waals surface area contributed by atoms with Gasteiger partial charge in [0.15, 0.2) is 0 Å². The van der Waals surface area contributed by atoms with Gasteiger partial charge in [0.25, 0.3) is 5.91 Å². The highest BCUT2D eigenvalue weighted by Gasteiger charge is 2.30. The van der Waals surface area contributed by atoms with E-state index in [4.69, 9.17) is 17.0 Å². The summed E-state index contributed by atoms with van der Waals surface area (Å²) in [5, 5.41) is 0. The van der Waals surface area contributed by atoms with Crippen LogP contribution in [0.2, 0.25) is 0 Å². The maximum Gasteiger partial charge on any atom is 0.343 e. The van der Waals surface area contributed by atoms with E-state index in [1.807, 2.05) is 19.1 Å². The first-order chi connectivity index (χ1) is 13.4. The van der Waals surface area contributed by atoms with Gasteiger partial charge in [0.1, 0.15) is 10.1 Å². The van der Waals surface area contributed by atoms with Crippen LogP contribution in [0.25, 0.3) is 6.08 Å². The number of hydrogen-bond acceptors (Lipinski definition) is 5. The van der Waals surface area contributed by atoms with Crippen molar-refractivity contribution < 1.29 is 14.3 Å². The zero-order valence-corrected chi connectivity index (χ0v) is 18.2. The zero-order valence-electron chi connectivity index (χ0n) is 15.0. The van der Waals surface area contributed by atoms with Gasteiger partial charge in [0, 0.05) is 6.54 Å². The number of rotatable bonds is 5. The monoisotopic (exact) mass is 473 g/mol. The minimum absolute atomic E-state index is 0.138. The Morgan fingerprint density at radius 2 is 2.11 bits per heavy atom. The molecule has 0 unspecified atom stereocenters. The van der Waals surface area contributed by atoms with E-state index in [0.717, 1.165) is 11.1 Å². The number of carbonyl (C=O) groups excluding carboxylic acids is 2. The smallest absolute Gasteiger partial charge is 0.343 e. The Bertz CT molecular complexity index is 1020. The maximum absolute atomic E-state index is 12.4. The minimum atomic E-state index is -0.428. The van der Waals surface area contributed by atoms with Crippen LogP contribution in [0.4, 0.5) is 0 Å². The Balaban J connectivity index is 1.77. The van der Waals surface area contributed by atoms with Crippen molar-refractivity contribution >= 4 is 62.2 Å². The highest BCUT2D eigenvalue weighted by atomic mass is 79.9. The number of carbonyl (C=O) groups is 2. The van der Waals surface area contributed by atoms with Gasteiger partial charge in [-0.05, 0) is 58.8 Å². The van der Waals surface area contributed by atoms with E-state index >= 15 is 0 Å².